The zero-order valence-electron chi connectivity index (χ0n) is 12.6. The molecule has 0 atom stereocenters. The lowest BCUT2D eigenvalue weighted by Gasteiger charge is -2.29. The maximum absolute atomic E-state index is 5.48. The Hall–Kier alpha value is -1.73. The first-order chi connectivity index (χ1) is 11.3. The lowest BCUT2D eigenvalue weighted by atomic mass is 10.1. The SMILES string of the molecule is Ic1ccc(-c2nc(N3CCOCC3)c3ccccc3n2)cc1. The van der Waals surface area contributed by atoms with Gasteiger partial charge in [0.25, 0.3) is 0 Å². The van der Waals surface area contributed by atoms with Gasteiger partial charge in [0.1, 0.15) is 5.82 Å². The Balaban J connectivity index is 1.87. The summed E-state index contributed by atoms with van der Waals surface area (Å²) in [6.07, 6.45) is 0. The maximum atomic E-state index is 5.48. The van der Waals surface area contributed by atoms with Gasteiger partial charge in [-0.05, 0) is 46.9 Å². The standard InChI is InChI=1S/C18H16IN3O/c19-14-7-5-13(6-8-14)17-20-16-4-2-1-3-15(16)18(21-17)22-9-11-23-12-10-22/h1-8H,9-12H2. The van der Waals surface area contributed by atoms with Crippen molar-refractivity contribution in [1.82, 2.24) is 9.97 Å². The molecule has 0 amide bonds. The summed E-state index contributed by atoms with van der Waals surface area (Å²) in [5.74, 6) is 1.79. The molecule has 1 aliphatic rings. The fraction of sp³-hybridized carbons (Fsp3) is 0.222. The summed E-state index contributed by atoms with van der Waals surface area (Å²) in [6, 6.07) is 16.5. The van der Waals surface area contributed by atoms with E-state index >= 15 is 0 Å². The van der Waals surface area contributed by atoms with Gasteiger partial charge >= 0.3 is 0 Å². The Labute approximate surface area is 148 Å². The maximum Gasteiger partial charge on any atom is 0.162 e. The largest absolute Gasteiger partial charge is 0.378 e. The Morgan fingerprint density at radius 3 is 2.43 bits per heavy atom. The highest BCUT2D eigenvalue weighted by atomic mass is 127. The second-order valence-corrected chi connectivity index (χ2v) is 6.74. The number of hydrogen-bond acceptors (Lipinski definition) is 4. The van der Waals surface area contributed by atoms with Crippen molar-refractivity contribution in [2.45, 2.75) is 0 Å². The molecule has 23 heavy (non-hydrogen) atoms. The van der Waals surface area contributed by atoms with Crippen molar-refractivity contribution in [2.75, 3.05) is 31.2 Å². The van der Waals surface area contributed by atoms with Crippen LogP contribution in [0, 0.1) is 3.57 Å². The van der Waals surface area contributed by atoms with Crippen molar-refractivity contribution >= 4 is 39.3 Å². The van der Waals surface area contributed by atoms with Gasteiger partial charge in [0, 0.05) is 27.6 Å². The third-order valence-electron chi connectivity index (χ3n) is 4.00. The number of ether oxygens (including phenoxy) is 1. The number of aromatic nitrogens is 2. The van der Waals surface area contributed by atoms with Crippen LogP contribution in [0.15, 0.2) is 48.5 Å². The molecule has 1 aliphatic heterocycles. The summed E-state index contributed by atoms with van der Waals surface area (Å²) >= 11 is 2.31. The van der Waals surface area contributed by atoms with Crippen LogP contribution in [0.2, 0.25) is 0 Å². The molecule has 116 valence electrons. The van der Waals surface area contributed by atoms with E-state index in [1.165, 1.54) is 3.57 Å². The van der Waals surface area contributed by atoms with E-state index in [0.29, 0.717) is 0 Å². The van der Waals surface area contributed by atoms with Crippen LogP contribution in [0.25, 0.3) is 22.3 Å². The highest BCUT2D eigenvalue weighted by Crippen LogP contribution is 2.28. The van der Waals surface area contributed by atoms with Gasteiger partial charge in [0.05, 0.1) is 18.7 Å². The third-order valence-corrected chi connectivity index (χ3v) is 4.72. The molecule has 0 aliphatic carbocycles. The molecule has 0 saturated carbocycles. The second-order valence-electron chi connectivity index (χ2n) is 5.49. The molecule has 2 heterocycles. The average Bonchev–Trinajstić information content (AvgIpc) is 2.62. The quantitative estimate of drug-likeness (QED) is 0.596. The molecule has 0 unspecified atom stereocenters. The molecule has 0 spiro atoms. The van der Waals surface area contributed by atoms with Gasteiger partial charge in [-0.2, -0.15) is 0 Å². The molecule has 0 radical (unpaired) electrons. The summed E-state index contributed by atoms with van der Waals surface area (Å²) in [4.78, 5) is 11.9. The zero-order valence-corrected chi connectivity index (χ0v) is 14.7. The number of nitrogens with zero attached hydrogens (tertiary/aromatic N) is 3. The lowest BCUT2D eigenvalue weighted by Crippen LogP contribution is -2.37. The minimum Gasteiger partial charge on any atom is -0.378 e. The van der Waals surface area contributed by atoms with Crippen molar-refractivity contribution in [3.63, 3.8) is 0 Å². The molecule has 0 bridgehead atoms. The van der Waals surface area contributed by atoms with E-state index in [-0.39, 0.29) is 0 Å². The van der Waals surface area contributed by atoms with Crippen molar-refractivity contribution in [1.29, 1.82) is 0 Å². The van der Waals surface area contributed by atoms with Crippen LogP contribution in [-0.4, -0.2) is 36.3 Å². The van der Waals surface area contributed by atoms with Gasteiger partial charge in [0.15, 0.2) is 5.82 Å². The molecule has 4 nitrogen and oxygen atoms in total. The smallest absolute Gasteiger partial charge is 0.162 e. The van der Waals surface area contributed by atoms with Crippen molar-refractivity contribution in [2.24, 2.45) is 0 Å². The highest BCUT2D eigenvalue weighted by molar-refractivity contribution is 14.1. The average molecular weight is 417 g/mol. The van der Waals surface area contributed by atoms with E-state index in [1.54, 1.807) is 0 Å². The summed E-state index contributed by atoms with van der Waals surface area (Å²) in [6.45, 7) is 3.23. The predicted octanol–water partition coefficient (Wildman–Crippen LogP) is 3.74. The minimum atomic E-state index is 0.747. The Morgan fingerprint density at radius 2 is 1.65 bits per heavy atom. The van der Waals surface area contributed by atoms with E-state index in [0.717, 1.165) is 54.4 Å². The van der Waals surface area contributed by atoms with Crippen LogP contribution in [0.5, 0.6) is 0 Å². The van der Waals surface area contributed by atoms with Gasteiger partial charge in [-0.25, -0.2) is 9.97 Å². The van der Waals surface area contributed by atoms with Gasteiger partial charge < -0.3 is 9.64 Å². The molecular weight excluding hydrogens is 401 g/mol. The van der Waals surface area contributed by atoms with Crippen LogP contribution in [-0.2, 0) is 4.74 Å². The number of halogens is 1. The van der Waals surface area contributed by atoms with Crippen LogP contribution < -0.4 is 4.90 Å². The number of anilines is 1. The zero-order chi connectivity index (χ0) is 15.6. The second kappa shape index (κ2) is 6.41. The number of fused-ring (bicyclic) bond motifs is 1. The van der Waals surface area contributed by atoms with Crippen molar-refractivity contribution < 1.29 is 4.74 Å². The molecule has 0 N–H and O–H groups in total. The lowest BCUT2D eigenvalue weighted by molar-refractivity contribution is 0.122. The van der Waals surface area contributed by atoms with Crippen LogP contribution in [0.3, 0.4) is 0 Å². The number of benzene rings is 2. The topological polar surface area (TPSA) is 38.2 Å². The molecule has 1 saturated heterocycles. The highest BCUT2D eigenvalue weighted by Gasteiger charge is 2.17. The molecule has 4 rings (SSSR count). The molecule has 1 aromatic heterocycles. The Kier molecular flexibility index (Phi) is 4.13. The third kappa shape index (κ3) is 3.03. The molecule has 5 heteroatoms. The van der Waals surface area contributed by atoms with E-state index in [9.17, 15) is 0 Å². The Morgan fingerprint density at radius 1 is 0.913 bits per heavy atom. The van der Waals surface area contributed by atoms with Gasteiger partial charge in [-0.3, -0.25) is 0 Å². The summed E-state index contributed by atoms with van der Waals surface area (Å²) in [5.41, 5.74) is 2.03. The predicted molar refractivity (Wildman–Crippen MR) is 101 cm³/mol. The Bertz CT molecular complexity index is 829. The molecule has 1 fully saturated rings. The molecule has 2 aromatic carbocycles. The summed E-state index contributed by atoms with van der Waals surface area (Å²) in [7, 11) is 0. The first-order valence-corrected chi connectivity index (χ1v) is 8.74. The summed E-state index contributed by atoms with van der Waals surface area (Å²) in [5, 5.41) is 1.10. The van der Waals surface area contributed by atoms with E-state index in [2.05, 4.69) is 63.9 Å². The van der Waals surface area contributed by atoms with Crippen LogP contribution in [0.4, 0.5) is 5.82 Å². The monoisotopic (exact) mass is 417 g/mol. The fourth-order valence-corrected chi connectivity index (χ4v) is 3.16. The molecular formula is C18H16IN3O. The van der Waals surface area contributed by atoms with E-state index in [1.807, 2.05) is 12.1 Å². The first-order valence-electron chi connectivity index (χ1n) is 7.67. The van der Waals surface area contributed by atoms with Crippen molar-refractivity contribution in [3.8, 4) is 11.4 Å². The van der Waals surface area contributed by atoms with E-state index in [4.69, 9.17) is 14.7 Å². The number of rotatable bonds is 2. The van der Waals surface area contributed by atoms with Crippen LogP contribution >= 0.6 is 22.6 Å². The number of hydrogen-bond donors (Lipinski definition) is 0. The summed E-state index contributed by atoms with van der Waals surface area (Å²) < 4.78 is 6.68. The van der Waals surface area contributed by atoms with Crippen molar-refractivity contribution in [3.05, 3.63) is 52.1 Å². The fourth-order valence-electron chi connectivity index (χ4n) is 2.80. The van der Waals surface area contributed by atoms with Gasteiger partial charge in [-0.1, -0.05) is 24.3 Å². The van der Waals surface area contributed by atoms with Gasteiger partial charge in [0.2, 0.25) is 0 Å². The number of morpholine rings is 1. The first kappa shape index (κ1) is 14.8. The molecule has 3 aromatic rings. The van der Waals surface area contributed by atoms with Gasteiger partial charge in [-0.15, -0.1) is 0 Å². The minimum absolute atomic E-state index is 0.747. The van der Waals surface area contributed by atoms with E-state index < -0.39 is 0 Å². The number of para-hydroxylation sites is 1. The normalized spacial score (nSPS) is 15.1. The van der Waals surface area contributed by atoms with Crippen LogP contribution in [0.1, 0.15) is 0 Å².